The molecule has 30 heavy (non-hydrogen) atoms. The monoisotopic (exact) mass is 493 g/mol. The van der Waals surface area contributed by atoms with Gasteiger partial charge in [-0.3, -0.25) is 9.36 Å². The van der Waals surface area contributed by atoms with E-state index in [1.54, 1.807) is 31.4 Å². The molecule has 3 rings (SSSR count). The molecule has 0 fully saturated rings. The summed E-state index contributed by atoms with van der Waals surface area (Å²) in [7, 11) is -0.840. The second-order valence-corrected chi connectivity index (χ2v) is 8.88. The Labute approximate surface area is 182 Å². The van der Waals surface area contributed by atoms with E-state index in [1.807, 2.05) is 12.1 Å². The minimum atomic E-state index is -3.82. The lowest BCUT2D eigenvalue weighted by Crippen LogP contribution is -2.31. The minimum absolute atomic E-state index is 0.0136. The molecule has 0 bridgehead atoms. The van der Waals surface area contributed by atoms with Crippen LogP contribution in [0.3, 0.4) is 0 Å². The van der Waals surface area contributed by atoms with Gasteiger partial charge in [0.25, 0.3) is 5.56 Å². The Morgan fingerprint density at radius 2 is 1.80 bits per heavy atom. The van der Waals surface area contributed by atoms with Gasteiger partial charge in [0.05, 0.1) is 26.2 Å². The summed E-state index contributed by atoms with van der Waals surface area (Å²) in [5.74, 6) is 0.940. The number of methoxy groups -OCH3 is 2. The van der Waals surface area contributed by atoms with Crippen molar-refractivity contribution in [3.8, 4) is 22.8 Å². The first kappa shape index (κ1) is 22.0. The number of nitrogens with one attached hydrogen (secondary N) is 1. The fourth-order valence-electron chi connectivity index (χ4n) is 2.75. The van der Waals surface area contributed by atoms with Crippen molar-refractivity contribution in [2.45, 2.75) is 11.4 Å². The third-order valence-corrected chi connectivity index (χ3v) is 6.30. The highest BCUT2D eigenvalue weighted by Gasteiger charge is 2.19. The maximum Gasteiger partial charge on any atom is 0.253 e. The number of benzene rings is 2. The largest absolute Gasteiger partial charge is 0.497 e. The number of halogens is 1. The Bertz CT molecular complexity index is 1190. The topological polar surface area (TPSA) is 99.5 Å². The van der Waals surface area contributed by atoms with Crippen molar-refractivity contribution in [2.75, 3.05) is 20.8 Å². The molecular weight excluding hydrogens is 474 g/mol. The lowest BCUT2D eigenvalue weighted by molar-refractivity contribution is 0.402. The van der Waals surface area contributed by atoms with Crippen LogP contribution < -0.4 is 19.8 Å². The molecule has 0 amide bonds. The third-order valence-electron chi connectivity index (χ3n) is 4.33. The molecule has 10 heteroatoms. The smallest absolute Gasteiger partial charge is 0.253 e. The molecule has 0 aliphatic heterocycles. The van der Waals surface area contributed by atoms with Crippen LogP contribution in [0.25, 0.3) is 11.3 Å². The summed E-state index contributed by atoms with van der Waals surface area (Å²) in [4.78, 5) is 16.7. The highest BCUT2D eigenvalue weighted by molar-refractivity contribution is 9.10. The molecule has 0 atom stereocenters. The van der Waals surface area contributed by atoms with Crippen LogP contribution in [0.2, 0.25) is 0 Å². The molecule has 3 aromatic rings. The van der Waals surface area contributed by atoms with E-state index < -0.39 is 10.0 Å². The van der Waals surface area contributed by atoms with Crippen molar-refractivity contribution in [1.29, 1.82) is 0 Å². The number of ether oxygens (including phenoxy) is 2. The van der Waals surface area contributed by atoms with Gasteiger partial charge in [-0.15, -0.1) is 0 Å². The summed E-state index contributed by atoms with van der Waals surface area (Å²) < 4.78 is 39.9. The molecule has 1 N–H and O–H groups in total. The number of sulfonamides is 1. The maximum absolute atomic E-state index is 12.6. The molecule has 0 unspecified atom stereocenters. The Hall–Kier alpha value is -2.69. The molecular formula is C20H20BrN3O5S. The maximum atomic E-state index is 12.6. The quantitative estimate of drug-likeness (QED) is 0.517. The summed E-state index contributed by atoms with van der Waals surface area (Å²) in [6.45, 7) is 0.145. The van der Waals surface area contributed by atoms with Gasteiger partial charge in [-0.25, -0.2) is 18.1 Å². The van der Waals surface area contributed by atoms with Crippen LogP contribution >= 0.6 is 15.9 Å². The van der Waals surface area contributed by atoms with Crippen LogP contribution in [0.5, 0.6) is 11.5 Å². The van der Waals surface area contributed by atoms with Crippen molar-refractivity contribution < 1.29 is 17.9 Å². The zero-order chi connectivity index (χ0) is 21.7. The van der Waals surface area contributed by atoms with Crippen molar-refractivity contribution in [3.05, 3.63) is 69.7 Å². The molecule has 0 radical (unpaired) electrons. The highest BCUT2D eigenvalue weighted by atomic mass is 79.9. The molecule has 0 saturated heterocycles. The van der Waals surface area contributed by atoms with Gasteiger partial charge in [0.2, 0.25) is 10.0 Å². The van der Waals surface area contributed by atoms with E-state index in [0.717, 1.165) is 5.56 Å². The molecule has 0 spiro atoms. The summed E-state index contributed by atoms with van der Waals surface area (Å²) in [5.41, 5.74) is 1.02. The standard InChI is InChI=1S/C20H20BrN3O5S/c1-28-16-6-3-14(4-7-16)17-12-20(25)24(13-22-17)10-9-23-30(26,27)19-11-15(21)5-8-18(19)29-2/h3-8,11-13,23H,9-10H2,1-2H3. The molecule has 2 aromatic carbocycles. The highest BCUT2D eigenvalue weighted by Crippen LogP contribution is 2.27. The van der Waals surface area contributed by atoms with Gasteiger partial charge in [-0.05, 0) is 42.5 Å². The summed E-state index contributed by atoms with van der Waals surface area (Å²) in [5, 5.41) is 0. The predicted octanol–water partition coefficient (Wildman–Crippen LogP) is 2.67. The molecule has 1 heterocycles. The lowest BCUT2D eigenvalue weighted by atomic mass is 10.1. The van der Waals surface area contributed by atoms with E-state index >= 15 is 0 Å². The molecule has 0 aliphatic carbocycles. The lowest BCUT2D eigenvalue weighted by Gasteiger charge is -2.12. The van der Waals surface area contributed by atoms with Crippen molar-refractivity contribution in [3.63, 3.8) is 0 Å². The van der Waals surface area contributed by atoms with Gasteiger partial charge >= 0.3 is 0 Å². The number of hydrogen-bond acceptors (Lipinski definition) is 6. The summed E-state index contributed by atoms with van der Waals surface area (Å²) in [6, 6.07) is 13.3. The SMILES string of the molecule is COc1ccc(-c2cc(=O)n(CCNS(=O)(=O)c3cc(Br)ccc3OC)cn2)cc1. The van der Waals surface area contributed by atoms with Gasteiger partial charge in [0.15, 0.2) is 0 Å². The molecule has 1 aromatic heterocycles. The molecule has 0 saturated carbocycles. The summed E-state index contributed by atoms with van der Waals surface area (Å²) >= 11 is 3.26. The van der Waals surface area contributed by atoms with Crippen LogP contribution in [0.4, 0.5) is 0 Å². The fourth-order valence-corrected chi connectivity index (χ4v) is 4.48. The van der Waals surface area contributed by atoms with Gasteiger partial charge in [-0.2, -0.15) is 0 Å². The van der Waals surface area contributed by atoms with E-state index in [9.17, 15) is 13.2 Å². The van der Waals surface area contributed by atoms with Gasteiger partial charge in [0, 0.05) is 29.2 Å². The second-order valence-electron chi connectivity index (χ2n) is 6.23. The van der Waals surface area contributed by atoms with Crippen molar-refractivity contribution >= 4 is 26.0 Å². The number of hydrogen-bond donors (Lipinski definition) is 1. The van der Waals surface area contributed by atoms with Crippen molar-refractivity contribution in [1.82, 2.24) is 14.3 Å². The first-order valence-corrected chi connectivity index (χ1v) is 11.2. The van der Waals surface area contributed by atoms with Gasteiger partial charge < -0.3 is 9.47 Å². The van der Waals surface area contributed by atoms with Crippen LogP contribution in [0.15, 0.2) is 69.0 Å². The zero-order valence-corrected chi connectivity index (χ0v) is 18.7. The van der Waals surface area contributed by atoms with Crippen LogP contribution in [0, 0.1) is 0 Å². The van der Waals surface area contributed by atoms with Crippen molar-refractivity contribution in [2.24, 2.45) is 0 Å². The van der Waals surface area contributed by atoms with E-state index in [0.29, 0.717) is 15.9 Å². The molecule has 158 valence electrons. The Morgan fingerprint density at radius 1 is 1.07 bits per heavy atom. The van der Waals surface area contributed by atoms with Gasteiger partial charge in [0.1, 0.15) is 16.4 Å². The minimum Gasteiger partial charge on any atom is -0.497 e. The summed E-state index contributed by atoms with van der Waals surface area (Å²) in [6.07, 6.45) is 1.40. The van der Waals surface area contributed by atoms with E-state index in [2.05, 4.69) is 25.6 Å². The van der Waals surface area contributed by atoms with Gasteiger partial charge in [-0.1, -0.05) is 15.9 Å². The Kier molecular flexibility index (Phi) is 6.91. The Balaban J connectivity index is 1.70. The third kappa shape index (κ3) is 5.07. The zero-order valence-electron chi connectivity index (χ0n) is 16.3. The number of rotatable bonds is 8. The first-order valence-electron chi connectivity index (χ1n) is 8.88. The van der Waals surface area contributed by atoms with E-state index in [1.165, 1.54) is 30.1 Å². The van der Waals surface area contributed by atoms with E-state index in [4.69, 9.17) is 9.47 Å². The Morgan fingerprint density at radius 3 is 2.43 bits per heavy atom. The molecule has 8 nitrogen and oxygen atoms in total. The number of aromatic nitrogens is 2. The van der Waals surface area contributed by atoms with Crippen LogP contribution in [-0.2, 0) is 16.6 Å². The average Bonchev–Trinajstić information content (AvgIpc) is 2.75. The predicted molar refractivity (Wildman–Crippen MR) is 116 cm³/mol. The van der Waals surface area contributed by atoms with Crippen LogP contribution in [0.1, 0.15) is 0 Å². The number of nitrogens with zero attached hydrogens (tertiary/aromatic N) is 2. The average molecular weight is 494 g/mol. The molecule has 0 aliphatic rings. The van der Waals surface area contributed by atoms with E-state index in [-0.39, 0.29) is 29.3 Å². The second kappa shape index (κ2) is 9.41. The normalized spacial score (nSPS) is 11.3. The first-order chi connectivity index (χ1) is 14.3. The fraction of sp³-hybridized carbons (Fsp3) is 0.200. The van der Waals surface area contributed by atoms with Crippen LogP contribution in [-0.4, -0.2) is 38.7 Å².